The van der Waals surface area contributed by atoms with Crippen LogP contribution in [0.25, 0.3) is 0 Å². The molecule has 0 fully saturated rings. The molecule has 1 aliphatic rings. The maximum absolute atomic E-state index is 3.71. The van der Waals surface area contributed by atoms with E-state index in [0.717, 1.165) is 6.42 Å². The van der Waals surface area contributed by atoms with Crippen LogP contribution in [0.2, 0.25) is 0 Å². The van der Waals surface area contributed by atoms with Gasteiger partial charge in [-0.25, -0.2) is 0 Å². The van der Waals surface area contributed by atoms with Gasteiger partial charge < -0.3 is 0 Å². The van der Waals surface area contributed by atoms with Crippen LogP contribution in [0.1, 0.15) is 19.3 Å². The summed E-state index contributed by atoms with van der Waals surface area (Å²) in [5.41, 5.74) is 1.58. The third-order valence-electron chi connectivity index (χ3n) is 1.65. The van der Waals surface area contributed by atoms with Crippen molar-refractivity contribution >= 4 is 0 Å². The number of hydrogen-bond donors (Lipinski definition) is 0. The van der Waals surface area contributed by atoms with Crippen LogP contribution in [-0.2, 0) is 24.4 Å². The summed E-state index contributed by atoms with van der Waals surface area (Å²) < 4.78 is 1.67. The van der Waals surface area contributed by atoms with Crippen LogP contribution in [0.3, 0.4) is 0 Å². The molecule has 0 N–H and O–H groups in total. The van der Waals surface area contributed by atoms with Crippen molar-refractivity contribution in [2.75, 3.05) is 0 Å². The summed E-state index contributed by atoms with van der Waals surface area (Å²) in [6.45, 7) is 3.71. The van der Waals surface area contributed by atoms with Gasteiger partial charge >= 0.3 is 77.3 Å². The molecule has 0 saturated carbocycles. The molecule has 0 atom stereocenters. The Bertz CT molecular complexity index is 195. The molecular weight excluding hydrogens is 325 g/mol. The van der Waals surface area contributed by atoms with Gasteiger partial charge in [0, 0.05) is 0 Å². The summed E-state index contributed by atoms with van der Waals surface area (Å²) in [6, 6.07) is 0. The predicted octanol–water partition coefficient (Wildman–Crippen LogP) is 3.02. The maximum atomic E-state index is 3.71. The Kier molecular flexibility index (Phi) is 9.16. The van der Waals surface area contributed by atoms with Crippen LogP contribution in [0, 0.1) is 0 Å². The van der Waals surface area contributed by atoms with Gasteiger partial charge in [-0.2, -0.15) is 0 Å². The Balaban J connectivity index is 0. The summed E-state index contributed by atoms with van der Waals surface area (Å²) in [4.78, 5) is 0. The molecule has 1 aliphatic carbocycles. The first-order chi connectivity index (χ1) is 4.84. The minimum atomic E-state index is 0. The molecule has 0 radical (unpaired) electrons. The topological polar surface area (TPSA) is 0 Å². The molecule has 0 aliphatic heterocycles. The van der Waals surface area contributed by atoms with Crippen LogP contribution < -0.4 is 0 Å². The van der Waals surface area contributed by atoms with E-state index >= 15 is 0 Å². The van der Waals surface area contributed by atoms with E-state index in [0.29, 0.717) is 0 Å². The zero-order chi connectivity index (χ0) is 7.40. The predicted molar refractivity (Wildman–Crippen MR) is 45.2 cm³/mol. The average molecular weight is 338 g/mol. The molecule has 0 aromatic heterocycles. The Morgan fingerprint density at radius 3 is 2.58 bits per heavy atom. The number of rotatable bonds is 3. The zero-order valence-electron chi connectivity index (χ0n) is 6.88. The standard InChI is InChI=1S/C9H11.2FH.Hf/c1-2-3-6-9-7-4-5-8-9;;;/h2,4,7H,1,3,5-6H2;2*1H;. The number of allylic oxidation sites excluding steroid dienone is 5. The minimum absolute atomic E-state index is 0. The first kappa shape index (κ1) is 14.5. The second-order valence-corrected chi connectivity index (χ2v) is 4.61. The fourth-order valence-electron chi connectivity index (χ4n) is 1.04. The van der Waals surface area contributed by atoms with Gasteiger partial charge in [0.2, 0.25) is 0 Å². The second-order valence-electron chi connectivity index (χ2n) is 2.44. The summed E-state index contributed by atoms with van der Waals surface area (Å²) in [6.07, 6.45) is 10.1. The summed E-state index contributed by atoms with van der Waals surface area (Å²) in [7, 11) is 0. The molecule has 0 unspecified atom stereocenters. The van der Waals surface area contributed by atoms with E-state index in [4.69, 9.17) is 0 Å². The van der Waals surface area contributed by atoms with E-state index in [2.05, 4.69) is 18.7 Å². The van der Waals surface area contributed by atoms with Crippen LogP contribution in [0.4, 0.5) is 9.41 Å². The van der Waals surface area contributed by atoms with Crippen LogP contribution in [-0.4, -0.2) is 0 Å². The molecule has 0 aromatic carbocycles. The third kappa shape index (κ3) is 4.10. The van der Waals surface area contributed by atoms with Gasteiger partial charge in [0.15, 0.2) is 0 Å². The summed E-state index contributed by atoms with van der Waals surface area (Å²) in [5.74, 6) is 0. The van der Waals surface area contributed by atoms with Crippen LogP contribution in [0.15, 0.2) is 33.7 Å². The normalized spacial score (nSPS) is 13.6. The van der Waals surface area contributed by atoms with Crippen LogP contribution in [0.5, 0.6) is 0 Å². The molecule has 3 heteroatoms. The van der Waals surface area contributed by atoms with Gasteiger partial charge in [-0.15, -0.1) is 0 Å². The molecule has 0 nitrogen and oxygen atoms in total. The van der Waals surface area contributed by atoms with E-state index in [1.807, 2.05) is 6.08 Å². The van der Waals surface area contributed by atoms with Crippen molar-refractivity contribution in [1.82, 2.24) is 0 Å². The fourth-order valence-corrected chi connectivity index (χ4v) is 2.21. The Labute approximate surface area is 86.7 Å². The van der Waals surface area contributed by atoms with Gasteiger partial charge in [0.1, 0.15) is 0 Å². The summed E-state index contributed by atoms with van der Waals surface area (Å²) in [5, 5.41) is 0. The Hall–Kier alpha value is -0.0499. The second kappa shape index (κ2) is 7.59. The first-order valence-electron chi connectivity index (χ1n) is 3.55. The van der Waals surface area contributed by atoms with Crippen molar-refractivity contribution in [1.29, 1.82) is 0 Å². The molecule has 0 aromatic rings. The zero-order valence-corrected chi connectivity index (χ0v) is 10.5. The van der Waals surface area contributed by atoms with Gasteiger partial charge in [-0.1, -0.05) is 0 Å². The SMILES string of the molecule is C=CCCC1=[C]([Hf])CC=C1.F.F. The van der Waals surface area contributed by atoms with Crippen molar-refractivity contribution in [3.63, 3.8) is 0 Å². The van der Waals surface area contributed by atoms with Crippen LogP contribution >= 0.6 is 0 Å². The molecule has 0 bridgehead atoms. The van der Waals surface area contributed by atoms with Crippen molar-refractivity contribution in [2.24, 2.45) is 0 Å². The van der Waals surface area contributed by atoms with Crippen molar-refractivity contribution in [2.45, 2.75) is 19.3 Å². The Morgan fingerprint density at radius 1 is 1.50 bits per heavy atom. The number of halogens is 2. The Morgan fingerprint density at radius 2 is 2.17 bits per heavy atom. The van der Waals surface area contributed by atoms with Crippen molar-refractivity contribution in [3.05, 3.63) is 33.7 Å². The molecule has 0 amide bonds. The first-order valence-corrected chi connectivity index (χ1v) is 5.35. The fraction of sp³-hybridized carbons (Fsp3) is 0.333. The van der Waals surface area contributed by atoms with Crippen molar-refractivity contribution in [3.8, 4) is 0 Å². The van der Waals surface area contributed by atoms with E-state index in [-0.39, 0.29) is 9.41 Å². The van der Waals surface area contributed by atoms with Gasteiger partial charge in [-0.3, -0.25) is 9.41 Å². The monoisotopic (exact) mass is 339 g/mol. The summed E-state index contributed by atoms with van der Waals surface area (Å²) >= 11 is 1.24. The van der Waals surface area contributed by atoms with E-state index in [1.54, 1.807) is 8.90 Å². The molecule has 67 valence electrons. The molecule has 12 heavy (non-hydrogen) atoms. The molecule has 0 saturated heterocycles. The molecule has 1 rings (SSSR count). The quantitative estimate of drug-likeness (QED) is 0.548. The minimum Gasteiger partial charge on any atom is -0.269 e. The molecular formula is C9H13F2Hf. The largest absolute Gasteiger partial charge is 0.269 e. The molecule has 0 heterocycles. The van der Waals surface area contributed by atoms with E-state index in [9.17, 15) is 0 Å². The third-order valence-corrected chi connectivity index (χ3v) is 3.53. The van der Waals surface area contributed by atoms with Crippen molar-refractivity contribution < 1.29 is 33.8 Å². The molecule has 0 spiro atoms. The van der Waals surface area contributed by atoms with E-state index < -0.39 is 0 Å². The van der Waals surface area contributed by atoms with Gasteiger partial charge in [-0.05, 0) is 0 Å². The average Bonchev–Trinajstić information content (AvgIpc) is 2.31. The van der Waals surface area contributed by atoms with E-state index in [1.165, 1.54) is 37.2 Å². The van der Waals surface area contributed by atoms with Gasteiger partial charge in [0.05, 0.1) is 0 Å². The smallest absolute Gasteiger partial charge is 0.269 e. The number of hydrogen-bond acceptors (Lipinski definition) is 0. The maximum Gasteiger partial charge on any atom is -0.269 e. The van der Waals surface area contributed by atoms with Gasteiger partial charge in [0.25, 0.3) is 0 Å².